The zero-order valence-electron chi connectivity index (χ0n) is 7.45. The van der Waals surface area contributed by atoms with Gasteiger partial charge in [0.2, 0.25) is 6.33 Å². The third kappa shape index (κ3) is 5.62. The van der Waals surface area contributed by atoms with Crippen LogP contribution < -0.4 is 10.3 Å². The molecule has 0 unspecified atom stereocenters. The van der Waals surface area contributed by atoms with Gasteiger partial charge in [0.1, 0.15) is 18.6 Å². The number of imidazole rings is 1. The molecule has 13 heavy (non-hydrogen) atoms. The summed E-state index contributed by atoms with van der Waals surface area (Å²) in [7, 11) is 1.97. The molecule has 0 amide bonds. The maximum atomic E-state index is 8.25. The average Bonchev–Trinajstić information content (AvgIpc) is 2.34. The van der Waals surface area contributed by atoms with E-state index in [-0.39, 0.29) is 6.17 Å². The number of hydrogen-bond acceptors (Lipinski definition) is 4. The van der Waals surface area contributed by atoms with E-state index < -0.39 is 5.09 Å². The van der Waals surface area contributed by atoms with Crippen LogP contribution in [0, 0.1) is 15.3 Å². The molecule has 0 aliphatic rings. The van der Waals surface area contributed by atoms with E-state index in [2.05, 4.69) is 0 Å². The lowest BCUT2D eigenvalue weighted by atomic mass is 10.6. The second kappa shape index (κ2) is 5.09. The Kier molecular flexibility index (Phi) is 4.45. The summed E-state index contributed by atoms with van der Waals surface area (Å²) in [5.74, 6) is 0. The van der Waals surface area contributed by atoms with Gasteiger partial charge in [0.25, 0.3) is 0 Å². The van der Waals surface area contributed by atoms with Crippen molar-refractivity contribution in [3.63, 3.8) is 0 Å². The molecule has 7 nitrogen and oxygen atoms in total. The van der Waals surface area contributed by atoms with Gasteiger partial charge in [-0.2, -0.15) is 0 Å². The quantitative estimate of drug-likeness (QED) is 0.366. The third-order valence-corrected chi connectivity index (χ3v) is 1.26. The first-order valence-electron chi connectivity index (χ1n) is 3.53. The standard InChI is InChI=1S/C6H12N3.NO3/c1-6(7)9-4-3-8(2)5-9;2-1(3)4/h3-6H,7H2,1-2H3;/q+1;-1/t6-;/m0./s1. The molecule has 2 N–H and O–H groups in total. The number of aromatic nitrogens is 2. The molecule has 1 atom stereocenters. The molecule has 0 saturated carbocycles. The van der Waals surface area contributed by atoms with Crippen LogP contribution in [0.5, 0.6) is 0 Å². The van der Waals surface area contributed by atoms with Gasteiger partial charge < -0.3 is 15.3 Å². The van der Waals surface area contributed by atoms with Crippen LogP contribution in [0.15, 0.2) is 18.7 Å². The molecular formula is C6H12N4O3. The Morgan fingerprint density at radius 3 is 2.23 bits per heavy atom. The molecule has 0 spiro atoms. The summed E-state index contributed by atoms with van der Waals surface area (Å²) < 4.78 is 3.91. The molecule has 0 fully saturated rings. The average molecular weight is 188 g/mol. The highest BCUT2D eigenvalue weighted by molar-refractivity contribution is 4.68. The van der Waals surface area contributed by atoms with Gasteiger partial charge in [-0.25, -0.2) is 9.13 Å². The Morgan fingerprint density at radius 1 is 1.62 bits per heavy atom. The Balaban J connectivity index is 0.000000310. The lowest BCUT2D eigenvalue weighted by Crippen LogP contribution is -2.25. The summed E-state index contributed by atoms with van der Waals surface area (Å²) in [5.41, 5.74) is 5.58. The van der Waals surface area contributed by atoms with Crippen molar-refractivity contribution in [2.24, 2.45) is 12.8 Å². The van der Waals surface area contributed by atoms with Crippen molar-refractivity contribution < 1.29 is 9.65 Å². The van der Waals surface area contributed by atoms with Crippen molar-refractivity contribution in [3.05, 3.63) is 34.0 Å². The smallest absolute Gasteiger partial charge is 0.244 e. The number of hydrogen-bond donors (Lipinski definition) is 1. The van der Waals surface area contributed by atoms with Gasteiger partial charge in [0, 0.05) is 0 Å². The van der Waals surface area contributed by atoms with Crippen LogP contribution in [0.2, 0.25) is 0 Å². The fourth-order valence-corrected chi connectivity index (χ4v) is 0.710. The van der Waals surface area contributed by atoms with Crippen molar-refractivity contribution in [1.82, 2.24) is 4.57 Å². The molecule has 0 aliphatic heterocycles. The normalized spacial score (nSPS) is 11.3. The maximum Gasteiger partial charge on any atom is 0.244 e. The molecule has 0 radical (unpaired) electrons. The molecular weight excluding hydrogens is 176 g/mol. The van der Waals surface area contributed by atoms with Crippen LogP contribution in [0.25, 0.3) is 0 Å². The molecule has 1 rings (SSSR count). The summed E-state index contributed by atoms with van der Waals surface area (Å²) in [6.07, 6.45) is 5.94. The largest absolute Gasteiger partial charge is 0.356 e. The maximum absolute atomic E-state index is 8.25. The molecule has 1 heterocycles. The van der Waals surface area contributed by atoms with Crippen molar-refractivity contribution >= 4 is 0 Å². The summed E-state index contributed by atoms with van der Waals surface area (Å²) in [6, 6.07) is 0. The summed E-state index contributed by atoms with van der Waals surface area (Å²) in [5, 5.41) is 14.8. The Labute approximate surface area is 75.1 Å². The predicted molar refractivity (Wildman–Crippen MR) is 44.9 cm³/mol. The van der Waals surface area contributed by atoms with Crippen LogP contribution in [0.4, 0.5) is 0 Å². The summed E-state index contributed by atoms with van der Waals surface area (Å²) in [4.78, 5) is 8.25. The van der Waals surface area contributed by atoms with Gasteiger partial charge >= 0.3 is 0 Å². The number of rotatable bonds is 1. The molecule has 74 valence electrons. The van der Waals surface area contributed by atoms with E-state index in [4.69, 9.17) is 21.1 Å². The van der Waals surface area contributed by atoms with Crippen molar-refractivity contribution in [1.29, 1.82) is 0 Å². The van der Waals surface area contributed by atoms with Gasteiger partial charge in [-0.15, -0.1) is 0 Å². The van der Waals surface area contributed by atoms with Gasteiger partial charge in [0.05, 0.1) is 12.1 Å². The molecule has 0 bridgehead atoms. The highest BCUT2D eigenvalue weighted by Gasteiger charge is 2.02. The molecule has 1 aromatic rings. The van der Waals surface area contributed by atoms with E-state index in [9.17, 15) is 0 Å². The second-order valence-corrected chi connectivity index (χ2v) is 2.49. The van der Waals surface area contributed by atoms with Crippen molar-refractivity contribution in [3.8, 4) is 0 Å². The molecule has 1 aromatic heterocycles. The summed E-state index contributed by atoms with van der Waals surface area (Å²) in [6.45, 7) is 1.94. The number of nitrogens with two attached hydrogens (primary N) is 1. The van der Waals surface area contributed by atoms with E-state index in [1.807, 2.05) is 41.8 Å². The second-order valence-electron chi connectivity index (χ2n) is 2.49. The predicted octanol–water partition coefficient (Wildman–Crippen LogP) is -0.449. The monoisotopic (exact) mass is 188 g/mol. The van der Waals surface area contributed by atoms with Crippen LogP contribution in [0.1, 0.15) is 13.1 Å². The first-order valence-corrected chi connectivity index (χ1v) is 3.53. The first-order chi connectivity index (χ1) is 5.93. The van der Waals surface area contributed by atoms with E-state index >= 15 is 0 Å². The Morgan fingerprint density at radius 2 is 2.08 bits per heavy atom. The Bertz CT molecular complexity index is 267. The minimum Gasteiger partial charge on any atom is -0.356 e. The van der Waals surface area contributed by atoms with Crippen LogP contribution in [0.3, 0.4) is 0 Å². The van der Waals surface area contributed by atoms with Gasteiger partial charge in [-0.05, 0) is 6.92 Å². The lowest BCUT2D eigenvalue weighted by Gasteiger charge is -1.96. The SMILES string of the molecule is C[C@@H](N)n1cc[n+](C)c1.O=[N+]([O-])[O-]. The Hall–Kier alpha value is -1.63. The topological polar surface area (TPSA) is 101 Å². The van der Waals surface area contributed by atoms with Crippen LogP contribution in [-0.2, 0) is 7.05 Å². The minimum atomic E-state index is -1.75. The highest BCUT2D eigenvalue weighted by Crippen LogP contribution is 1.91. The lowest BCUT2D eigenvalue weighted by molar-refractivity contribution is -0.671. The molecule has 0 aliphatic carbocycles. The zero-order valence-corrected chi connectivity index (χ0v) is 7.45. The van der Waals surface area contributed by atoms with Crippen LogP contribution >= 0.6 is 0 Å². The number of aryl methyl sites for hydroxylation is 1. The first kappa shape index (κ1) is 11.4. The fourth-order valence-electron chi connectivity index (χ4n) is 0.710. The molecule has 7 heteroatoms. The minimum absolute atomic E-state index is 0.0752. The third-order valence-electron chi connectivity index (χ3n) is 1.26. The van der Waals surface area contributed by atoms with Crippen LogP contribution in [-0.4, -0.2) is 9.65 Å². The van der Waals surface area contributed by atoms with Gasteiger partial charge in [-0.3, -0.25) is 5.73 Å². The van der Waals surface area contributed by atoms with E-state index in [1.165, 1.54) is 0 Å². The molecule has 0 saturated heterocycles. The zero-order chi connectivity index (χ0) is 10.4. The highest BCUT2D eigenvalue weighted by atomic mass is 16.9. The van der Waals surface area contributed by atoms with Gasteiger partial charge in [-0.1, -0.05) is 0 Å². The molecule has 0 aromatic carbocycles. The van der Waals surface area contributed by atoms with E-state index in [0.717, 1.165) is 0 Å². The van der Waals surface area contributed by atoms with Crippen molar-refractivity contribution in [2.45, 2.75) is 13.1 Å². The van der Waals surface area contributed by atoms with E-state index in [0.29, 0.717) is 0 Å². The van der Waals surface area contributed by atoms with Gasteiger partial charge in [0.15, 0.2) is 0 Å². The van der Waals surface area contributed by atoms with E-state index in [1.54, 1.807) is 0 Å². The summed E-state index contributed by atoms with van der Waals surface area (Å²) >= 11 is 0. The van der Waals surface area contributed by atoms with Crippen molar-refractivity contribution in [2.75, 3.05) is 0 Å². The number of nitrogens with zero attached hydrogens (tertiary/aromatic N) is 3. The fraction of sp³-hybridized carbons (Fsp3) is 0.500.